The third-order valence-corrected chi connectivity index (χ3v) is 5.83. The van der Waals surface area contributed by atoms with Crippen molar-refractivity contribution in [1.82, 2.24) is 24.5 Å². The maximum absolute atomic E-state index is 12.4. The number of aryl methyl sites for hydroxylation is 2. The lowest BCUT2D eigenvalue weighted by Gasteiger charge is -2.20. The molecule has 2 aromatic rings. The van der Waals surface area contributed by atoms with E-state index in [1.807, 2.05) is 0 Å². The number of hydrogen-bond donors (Lipinski definition) is 2. The van der Waals surface area contributed by atoms with Crippen LogP contribution in [0.25, 0.3) is 0 Å². The highest BCUT2D eigenvalue weighted by Gasteiger charge is 2.35. The molecular weight excluding hydrogens is 334 g/mol. The molecule has 9 nitrogen and oxygen atoms in total. The summed E-state index contributed by atoms with van der Waals surface area (Å²) in [4.78, 5) is 18.6. The number of nitrogens with zero attached hydrogens (tertiary/aromatic N) is 3. The van der Waals surface area contributed by atoms with Gasteiger partial charge in [-0.25, -0.2) is 22.8 Å². The van der Waals surface area contributed by atoms with Gasteiger partial charge < -0.3 is 9.72 Å². The third kappa shape index (κ3) is 2.66. The van der Waals surface area contributed by atoms with Crippen LogP contribution in [0.5, 0.6) is 0 Å². The monoisotopic (exact) mass is 351 g/mol. The van der Waals surface area contributed by atoms with Crippen molar-refractivity contribution < 1.29 is 13.2 Å². The molecule has 0 bridgehead atoms. The number of H-pyrrole nitrogens is 1. The molecule has 1 aliphatic heterocycles. The summed E-state index contributed by atoms with van der Waals surface area (Å²) in [5.74, 6) is 0. The molecule has 0 amide bonds. The maximum Gasteiger partial charge on any atom is 0.267 e. The molecule has 0 radical (unpaired) electrons. The fourth-order valence-corrected chi connectivity index (χ4v) is 4.36. The van der Waals surface area contributed by atoms with Gasteiger partial charge in [0.25, 0.3) is 15.6 Å². The van der Waals surface area contributed by atoms with Gasteiger partial charge in [-0.15, -0.1) is 0 Å². The van der Waals surface area contributed by atoms with Gasteiger partial charge in [0.2, 0.25) is 0 Å². The van der Waals surface area contributed by atoms with Gasteiger partial charge in [0.1, 0.15) is 0 Å². The van der Waals surface area contributed by atoms with Gasteiger partial charge in [-0.05, 0) is 24.8 Å². The van der Waals surface area contributed by atoms with Crippen molar-refractivity contribution >= 4 is 10.0 Å². The molecule has 2 aromatic heterocycles. The summed E-state index contributed by atoms with van der Waals surface area (Å²) < 4.78 is 34.1. The molecular formula is C14H17N5O4S. The Balaban J connectivity index is 1.63. The first-order valence-corrected chi connectivity index (χ1v) is 9.23. The molecule has 128 valence electrons. The summed E-state index contributed by atoms with van der Waals surface area (Å²) >= 11 is 0. The van der Waals surface area contributed by atoms with Crippen LogP contribution in [-0.2, 0) is 27.6 Å². The predicted octanol–water partition coefficient (Wildman–Crippen LogP) is -0.626. The number of sulfonamides is 1. The summed E-state index contributed by atoms with van der Waals surface area (Å²) in [7, 11) is -3.76. The summed E-state index contributed by atoms with van der Waals surface area (Å²) in [5.41, 5.74) is 1.68. The highest BCUT2D eigenvalue weighted by atomic mass is 32.2. The second-order valence-electron chi connectivity index (χ2n) is 6.00. The number of aromatic amines is 1. The van der Waals surface area contributed by atoms with E-state index in [2.05, 4.69) is 19.8 Å². The number of hydrogen-bond acceptors (Lipinski definition) is 6. The minimum Gasteiger partial charge on any atom is -0.377 e. The van der Waals surface area contributed by atoms with Gasteiger partial charge >= 0.3 is 0 Å². The zero-order valence-corrected chi connectivity index (χ0v) is 13.6. The fraction of sp³-hybridized carbons (Fsp3) is 0.500. The summed E-state index contributed by atoms with van der Waals surface area (Å²) in [5, 5.41) is 4.42. The topological polar surface area (TPSA) is 119 Å². The molecule has 2 aliphatic rings. The van der Waals surface area contributed by atoms with Crippen LogP contribution in [0, 0.1) is 0 Å². The zero-order valence-electron chi connectivity index (χ0n) is 12.8. The first-order valence-electron chi connectivity index (χ1n) is 7.75. The Labute approximate surface area is 138 Å². The van der Waals surface area contributed by atoms with Gasteiger partial charge in [0.05, 0.1) is 43.5 Å². The Bertz CT molecular complexity index is 906. The Hall–Kier alpha value is -2.04. The lowest BCUT2D eigenvalue weighted by atomic mass is 10.2. The van der Waals surface area contributed by atoms with Crippen molar-refractivity contribution in [3.63, 3.8) is 0 Å². The Kier molecular flexibility index (Phi) is 3.74. The fourth-order valence-electron chi connectivity index (χ4n) is 3.20. The Morgan fingerprint density at radius 3 is 3.00 bits per heavy atom. The van der Waals surface area contributed by atoms with Crippen LogP contribution >= 0.6 is 0 Å². The van der Waals surface area contributed by atoms with E-state index >= 15 is 0 Å². The summed E-state index contributed by atoms with van der Waals surface area (Å²) in [6.45, 7) is 0.422. The van der Waals surface area contributed by atoms with Crippen molar-refractivity contribution in [3.05, 3.63) is 40.2 Å². The van der Waals surface area contributed by atoms with Gasteiger partial charge in [-0.1, -0.05) is 0 Å². The van der Waals surface area contributed by atoms with E-state index in [4.69, 9.17) is 4.74 Å². The molecule has 1 aliphatic carbocycles. The van der Waals surface area contributed by atoms with Gasteiger partial charge in [-0.2, -0.15) is 5.10 Å². The third-order valence-electron chi connectivity index (χ3n) is 4.42. The van der Waals surface area contributed by atoms with Gasteiger partial charge in [0, 0.05) is 6.07 Å². The largest absolute Gasteiger partial charge is 0.377 e. The number of imidazole rings is 1. The van der Waals surface area contributed by atoms with Crippen LogP contribution < -0.4 is 10.3 Å². The SMILES string of the molecule is O=c1cc2c(nn1C1COCC1NS(=O)(=O)c1cnc[nH]1)CCC2. The minimum absolute atomic E-state index is 0.0255. The normalized spacial score (nSPS) is 23.5. The van der Waals surface area contributed by atoms with Crippen molar-refractivity contribution in [1.29, 1.82) is 0 Å². The van der Waals surface area contributed by atoms with Crippen molar-refractivity contribution in [2.24, 2.45) is 0 Å². The van der Waals surface area contributed by atoms with Crippen LogP contribution in [0.4, 0.5) is 0 Å². The molecule has 0 spiro atoms. The molecule has 10 heteroatoms. The Morgan fingerprint density at radius 2 is 2.21 bits per heavy atom. The lowest BCUT2D eigenvalue weighted by molar-refractivity contribution is 0.181. The Morgan fingerprint density at radius 1 is 1.33 bits per heavy atom. The van der Waals surface area contributed by atoms with Crippen LogP contribution in [0.1, 0.15) is 23.7 Å². The second kappa shape index (κ2) is 5.80. The average Bonchev–Trinajstić information content (AvgIpc) is 3.27. The molecule has 1 saturated heterocycles. The summed E-state index contributed by atoms with van der Waals surface area (Å²) in [6.07, 6.45) is 5.22. The van der Waals surface area contributed by atoms with E-state index < -0.39 is 22.1 Å². The molecule has 2 N–H and O–H groups in total. The van der Waals surface area contributed by atoms with Crippen LogP contribution in [-0.4, -0.2) is 47.4 Å². The molecule has 0 saturated carbocycles. The predicted molar refractivity (Wildman–Crippen MR) is 83.1 cm³/mol. The molecule has 2 atom stereocenters. The molecule has 3 heterocycles. The lowest BCUT2D eigenvalue weighted by Crippen LogP contribution is -2.44. The first-order chi connectivity index (χ1) is 11.5. The molecule has 1 fully saturated rings. The molecule has 4 rings (SSSR count). The quantitative estimate of drug-likeness (QED) is 0.757. The number of rotatable bonds is 4. The molecule has 24 heavy (non-hydrogen) atoms. The van der Waals surface area contributed by atoms with Crippen molar-refractivity contribution in [3.8, 4) is 0 Å². The number of ether oxygens (including phenoxy) is 1. The first kappa shape index (κ1) is 15.5. The second-order valence-corrected chi connectivity index (χ2v) is 7.68. The molecule has 0 aromatic carbocycles. The van der Waals surface area contributed by atoms with Crippen molar-refractivity contribution in [2.75, 3.05) is 13.2 Å². The van der Waals surface area contributed by atoms with E-state index in [1.54, 1.807) is 6.07 Å². The minimum atomic E-state index is -3.76. The van der Waals surface area contributed by atoms with E-state index in [-0.39, 0.29) is 23.8 Å². The van der Waals surface area contributed by atoms with E-state index in [1.165, 1.54) is 17.2 Å². The highest BCUT2D eigenvalue weighted by Crippen LogP contribution is 2.22. The number of aromatic nitrogens is 4. The van der Waals surface area contributed by atoms with E-state index in [0.29, 0.717) is 0 Å². The van der Waals surface area contributed by atoms with Crippen LogP contribution in [0.2, 0.25) is 0 Å². The van der Waals surface area contributed by atoms with Crippen LogP contribution in [0.3, 0.4) is 0 Å². The van der Waals surface area contributed by atoms with Crippen molar-refractivity contribution in [2.45, 2.75) is 36.4 Å². The smallest absolute Gasteiger partial charge is 0.267 e. The number of fused-ring (bicyclic) bond motifs is 1. The maximum atomic E-state index is 12.4. The molecule has 2 unspecified atom stereocenters. The zero-order chi connectivity index (χ0) is 16.7. The highest BCUT2D eigenvalue weighted by molar-refractivity contribution is 7.89. The van der Waals surface area contributed by atoms with E-state index in [9.17, 15) is 13.2 Å². The van der Waals surface area contributed by atoms with E-state index in [0.717, 1.165) is 30.5 Å². The van der Waals surface area contributed by atoms with Crippen LogP contribution in [0.15, 0.2) is 28.4 Å². The summed E-state index contributed by atoms with van der Waals surface area (Å²) in [6, 6.07) is 0.567. The average molecular weight is 351 g/mol. The van der Waals surface area contributed by atoms with Gasteiger partial charge in [-0.3, -0.25) is 4.79 Å². The van der Waals surface area contributed by atoms with Gasteiger partial charge in [0.15, 0.2) is 5.03 Å². The number of nitrogens with one attached hydrogen (secondary N) is 2. The standard InChI is InChI=1S/C14H17N5O4S/c20-14-4-9-2-1-3-10(9)17-19(14)12-7-23-6-11(12)18-24(21,22)13-5-15-8-16-13/h4-5,8,11-12,18H,1-3,6-7H2,(H,15,16).